The minimum Gasteiger partial charge on any atom is -0.266 e. The zero-order chi connectivity index (χ0) is 9.97. The first-order valence-electron chi connectivity index (χ1n) is 4.26. The Morgan fingerprint density at radius 3 is 3.00 bits per heavy atom. The third-order valence-electron chi connectivity index (χ3n) is 1.80. The first kappa shape index (κ1) is 9.68. The fourth-order valence-corrected chi connectivity index (χ4v) is 2.19. The number of hydrogen-bond acceptors (Lipinski definition) is 3. The molecule has 0 amide bonds. The van der Waals surface area contributed by atoms with E-state index < -0.39 is 0 Å². The Hall–Kier alpha value is -0.870. The molecule has 14 heavy (non-hydrogen) atoms. The minimum atomic E-state index is 0.481. The fraction of sp³-hybridized carbons (Fsp3) is 0.333. The van der Waals surface area contributed by atoms with E-state index in [2.05, 4.69) is 10.1 Å². The van der Waals surface area contributed by atoms with E-state index >= 15 is 0 Å². The summed E-state index contributed by atoms with van der Waals surface area (Å²) in [5.41, 5.74) is 2.11. The summed E-state index contributed by atoms with van der Waals surface area (Å²) in [6, 6.07) is 0. The molecule has 74 valence electrons. The highest BCUT2D eigenvalue weighted by molar-refractivity contribution is 7.09. The minimum absolute atomic E-state index is 0.481. The number of aromatic nitrogens is 3. The van der Waals surface area contributed by atoms with Crippen molar-refractivity contribution >= 4 is 22.9 Å². The van der Waals surface area contributed by atoms with Gasteiger partial charge in [-0.25, -0.2) is 4.98 Å². The lowest BCUT2D eigenvalue weighted by molar-refractivity contribution is 0.682. The van der Waals surface area contributed by atoms with Crippen molar-refractivity contribution in [3.05, 3.63) is 34.0 Å². The summed E-state index contributed by atoms with van der Waals surface area (Å²) in [5.74, 6) is 0.481. The second-order valence-electron chi connectivity index (χ2n) is 3.08. The van der Waals surface area contributed by atoms with Crippen LogP contribution < -0.4 is 0 Å². The van der Waals surface area contributed by atoms with Gasteiger partial charge in [0.05, 0.1) is 24.3 Å². The molecule has 0 bridgehead atoms. The van der Waals surface area contributed by atoms with E-state index in [1.165, 1.54) is 5.56 Å². The number of hydrogen-bond donors (Lipinski definition) is 0. The van der Waals surface area contributed by atoms with Crippen LogP contribution in [0.2, 0.25) is 0 Å². The zero-order valence-electron chi connectivity index (χ0n) is 7.77. The van der Waals surface area contributed by atoms with E-state index in [0.717, 1.165) is 17.2 Å². The number of rotatable bonds is 3. The highest BCUT2D eigenvalue weighted by Crippen LogP contribution is 2.12. The molecule has 5 heteroatoms. The second-order valence-corrected chi connectivity index (χ2v) is 4.29. The van der Waals surface area contributed by atoms with Gasteiger partial charge in [-0.2, -0.15) is 5.10 Å². The number of halogens is 1. The molecule has 2 rings (SSSR count). The van der Waals surface area contributed by atoms with E-state index in [-0.39, 0.29) is 0 Å². The molecule has 0 aromatic carbocycles. The van der Waals surface area contributed by atoms with Crippen molar-refractivity contribution in [2.75, 3.05) is 0 Å². The van der Waals surface area contributed by atoms with Crippen molar-refractivity contribution in [3.8, 4) is 0 Å². The quantitative estimate of drug-likeness (QED) is 0.755. The van der Waals surface area contributed by atoms with Crippen LogP contribution in [0.4, 0.5) is 0 Å². The monoisotopic (exact) mass is 227 g/mol. The van der Waals surface area contributed by atoms with Gasteiger partial charge in [-0.3, -0.25) is 4.68 Å². The average molecular weight is 228 g/mol. The van der Waals surface area contributed by atoms with Gasteiger partial charge >= 0.3 is 0 Å². The molecule has 0 spiro atoms. The lowest BCUT2D eigenvalue weighted by Crippen LogP contribution is -1.99. The standard InChI is InChI=1S/C9H10ClN3S/c1-7-3-11-13(4-7)5-9-12-8(2-10)6-14-9/h3-4,6H,2,5H2,1H3. The van der Waals surface area contributed by atoms with E-state index in [4.69, 9.17) is 11.6 Å². The molecular formula is C9H10ClN3S. The van der Waals surface area contributed by atoms with Crippen molar-refractivity contribution in [3.63, 3.8) is 0 Å². The molecule has 2 aromatic rings. The van der Waals surface area contributed by atoms with E-state index in [1.54, 1.807) is 11.3 Å². The summed E-state index contributed by atoms with van der Waals surface area (Å²) in [7, 11) is 0. The van der Waals surface area contributed by atoms with Gasteiger partial charge in [0, 0.05) is 11.6 Å². The van der Waals surface area contributed by atoms with Gasteiger partial charge in [-0.05, 0) is 12.5 Å². The lowest BCUT2D eigenvalue weighted by atomic mass is 10.4. The molecule has 0 aliphatic heterocycles. The predicted octanol–water partition coefficient (Wildman–Crippen LogP) is 2.44. The van der Waals surface area contributed by atoms with Crippen LogP contribution in [0.25, 0.3) is 0 Å². The number of nitrogens with zero attached hydrogens (tertiary/aromatic N) is 3. The van der Waals surface area contributed by atoms with Gasteiger partial charge < -0.3 is 0 Å². The summed E-state index contributed by atoms with van der Waals surface area (Å²) >= 11 is 7.29. The van der Waals surface area contributed by atoms with Crippen molar-refractivity contribution in [1.29, 1.82) is 0 Å². The SMILES string of the molecule is Cc1cnn(Cc2nc(CCl)cs2)c1. The lowest BCUT2D eigenvalue weighted by Gasteiger charge is -1.95. The maximum atomic E-state index is 5.67. The van der Waals surface area contributed by atoms with Crippen molar-refractivity contribution in [2.45, 2.75) is 19.3 Å². The average Bonchev–Trinajstić information content (AvgIpc) is 2.76. The molecule has 0 unspecified atom stereocenters. The Labute approximate surface area is 91.4 Å². The summed E-state index contributed by atoms with van der Waals surface area (Å²) in [5, 5.41) is 7.23. The van der Waals surface area contributed by atoms with Crippen molar-refractivity contribution < 1.29 is 0 Å². The first-order chi connectivity index (χ1) is 6.78. The maximum absolute atomic E-state index is 5.67. The van der Waals surface area contributed by atoms with Gasteiger partial charge in [0.25, 0.3) is 0 Å². The molecule has 3 nitrogen and oxygen atoms in total. The van der Waals surface area contributed by atoms with Gasteiger partial charge in [0.1, 0.15) is 5.01 Å². The van der Waals surface area contributed by atoms with E-state index in [9.17, 15) is 0 Å². The van der Waals surface area contributed by atoms with Gasteiger partial charge in [0.15, 0.2) is 0 Å². The predicted molar refractivity (Wildman–Crippen MR) is 57.7 cm³/mol. The third-order valence-corrected chi connectivity index (χ3v) is 2.95. The largest absolute Gasteiger partial charge is 0.266 e. The summed E-state index contributed by atoms with van der Waals surface area (Å²) < 4.78 is 1.88. The first-order valence-corrected chi connectivity index (χ1v) is 5.67. The zero-order valence-corrected chi connectivity index (χ0v) is 9.35. The number of thiazole rings is 1. The highest BCUT2D eigenvalue weighted by atomic mass is 35.5. The normalized spacial score (nSPS) is 10.7. The molecule has 0 fully saturated rings. The van der Waals surface area contributed by atoms with Crippen LogP contribution in [0.3, 0.4) is 0 Å². The summed E-state index contributed by atoms with van der Waals surface area (Å²) in [6.45, 7) is 2.75. The molecule has 0 saturated heterocycles. The van der Waals surface area contributed by atoms with Crippen LogP contribution in [-0.4, -0.2) is 14.8 Å². The van der Waals surface area contributed by atoms with Crippen molar-refractivity contribution in [1.82, 2.24) is 14.8 Å². The molecule has 2 aromatic heterocycles. The molecular weight excluding hydrogens is 218 g/mol. The van der Waals surface area contributed by atoms with Crippen LogP contribution in [0.1, 0.15) is 16.3 Å². The Morgan fingerprint density at radius 2 is 2.43 bits per heavy atom. The van der Waals surface area contributed by atoms with Gasteiger partial charge in [0.2, 0.25) is 0 Å². The third kappa shape index (κ3) is 2.13. The maximum Gasteiger partial charge on any atom is 0.114 e. The number of aryl methyl sites for hydroxylation is 1. The molecule has 0 radical (unpaired) electrons. The van der Waals surface area contributed by atoms with Crippen LogP contribution in [0.15, 0.2) is 17.8 Å². The van der Waals surface area contributed by atoms with Crippen LogP contribution >= 0.6 is 22.9 Å². The molecule has 2 heterocycles. The molecule has 0 aliphatic carbocycles. The summed E-state index contributed by atoms with van der Waals surface area (Å²) in [4.78, 5) is 4.36. The second kappa shape index (κ2) is 4.11. The highest BCUT2D eigenvalue weighted by Gasteiger charge is 2.02. The van der Waals surface area contributed by atoms with Crippen LogP contribution in [-0.2, 0) is 12.4 Å². The Bertz CT molecular complexity index is 421. The van der Waals surface area contributed by atoms with Crippen molar-refractivity contribution in [2.24, 2.45) is 0 Å². The smallest absolute Gasteiger partial charge is 0.114 e. The van der Waals surface area contributed by atoms with Crippen LogP contribution in [0, 0.1) is 6.92 Å². The Morgan fingerprint density at radius 1 is 1.57 bits per heavy atom. The van der Waals surface area contributed by atoms with Gasteiger partial charge in [-0.1, -0.05) is 0 Å². The topological polar surface area (TPSA) is 30.7 Å². The molecule has 0 N–H and O–H groups in total. The van der Waals surface area contributed by atoms with E-state index in [1.807, 2.05) is 29.4 Å². The Kier molecular flexibility index (Phi) is 2.84. The Balaban J connectivity index is 2.10. The molecule has 0 aliphatic rings. The van der Waals surface area contributed by atoms with Gasteiger partial charge in [-0.15, -0.1) is 22.9 Å². The molecule has 0 atom stereocenters. The van der Waals surface area contributed by atoms with E-state index in [0.29, 0.717) is 5.88 Å². The molecule has 0 saturated carbocycles. The number of alkyl halides is 1. The fourth-order valence-electron chi connectivity index (χ4n) is 1.17. The summed E-state index contributed by atoms with van der Waals surface area (Å²) in [6.07, 6.45) is 3.85. The van der Waals surface area contributed by atoms with Crippen LogP contribution in [0.5, 0.6) is 0 Å².